The third-order valence-corrected chi connectivity index (χ3v) is 1.95. The molecule has 0 saturated carbocycles. The second-order valence-corrected chi connectivity index (χ2v) is 3.60. The molecule has 1 aromatic heterocycles. The van der Waals surface area contributed by atoms with Gasteiger partial charge in [-0.3, -0.25) is 10.1 Å². The summed E-state index contributed by atoms with van der Waals surface area (Å²) in [6, 6.07) is 0. The molecule has 1 heterocycles. The fourth-order valence-electron chi connectivity index (χ4n) is 1.13. The highest BCUT2D eigenvalue weighted by molar-refractivity contribution is 5.67. The Morgan fingerprint density at radius 3 is 2.81 bits per heavy atom. The molecule has 0 saturated heterocycles. The molecular weight excluding hydrogens is 212 g/mol. The van der Waals surface area contributed by atoms with Gasteiger partial charge in [-0.1, -0.05) is 0 Å². The number of anilines is 2. The average molecular weight is 227 g/mol. The molecule has 8 heteroatoms. The number of likely N-dealkylation sites (N-methyl/N-ethyl adjacent to an activating group) is 1. The summed E-state index contributed by atoms with van der Waals surface area (Å²) in [5.41, 5.74) is 5.15. The van der Waals surface area contributed by atoms with E-state index in [-0.39, 0.29) is 17.3 Å². The van der Waals surface area contributed by atoms with Crippen LogP contribution in [0.4, 0.5) is 17.3 Å². The number of nitro groups is 1. The maximum atomic E-state index is 10.7. The molecule has 0 fully saturated rings. The molecule has 88 valence electrons. The van der Waals surface area contributed by atoms with Crippen molar-refractivity contribution >= 4 is 17.3 Å². The number of rotatable bonds is 5. The summed E-state index contributed by atoms with van der Waals surface area (Å²) in [6.07, 6.45) is 1.20. The maximum Gasteiger partial charge on any atom is 0.352 e. The van der Waals surface area contributed by atoms with Crippen molar-refractivity contribution < 1.29 is 9.82 Å². The Balaban J connectivity index is 2.79. The normalized spacial score (nSPS) is 10.4. The Bertz CT molecular complexity index is 381. The molecule has 0 aromatic carbocycles. The topological polar surface area (TPSA) is 111 Å². The van der Waals surface area contributed by atoms with Crippen molar-refractivity contribution in [3.8, 4) is 0 Å². The van der Waals surface area contributed by atoms with Crippen LogP contribution in [0.5, 0.6) is 0 Å². The van der Waals surface area contributed by atoms with Gasteiger partial charge in [0.15, 0.2) is 0 Å². The molecule has 0 aliphatic rings. The van der Waals surface area contributed by atoms with Gasteiger partial charge in [0.2, 0.25) is 11.6 Å². The van der Waals surface area contributed by atoms with Crippen molar-refractivity contribution in [2.75, 3.05) is 38.2 Å². The van der Waals surface area contributed by atoms with Gasteiger partial charge in [0, 0.05) is 0 Å². The minimum atomic E-state index is -0.583. The number of nitrogens with one attached hydrogen (secondary N) is 2. The quantitative estimate of drug-likeness (QED) is 0.418. The molecule has 0 aliphatic heterocycles. The smallest absolute Gasteiger partial charge is 0.352 e. The first-order chi connectivity index (χ1) is 7.52. The first-order valence-corrected chi connectivity index (χ1v) is 4.80. The Hall–Kier alpha value is -1.96. The van der Waals surface area contributed by atoms with Crippen LogP contribution in [0.3, 0.4) is 0 Å². The van der Waals surface area contributed by atoms with Crippen molar-refractivity contribution in [3.63, 3.8) is 0 Å². The number of nitrogens with zero attached hydrogens (tertiary/aromatic N) is 3. The first-order valence-electron chi connectivity index (χ1n) is 4.80. The number of hydrogen-bond donors (Lipinski definition) is 3. The number of quaternary nitrogens is 1. The second-order valence-electron chi connectivity index (χ2n) is 3.60. The van der Waals surface area contributed by atoms with Crippen LogP contribution in [-0.2, 0) is 0 Å². The number of aromatic nitrogens is 2. The zero-order valence-corrected chi connectivity index (χ0v) is 9.23. The third kappa shape index (κ3) is 3.02. The molecule has 0 unspecified atom stereocenters. The predicted octanol–water partition coefficient (Wildman–Crippen LogP) is -1.48. The van der Waals surface area contributed by atoms with E-state index < -0.39 is 4.92 Å². The van der Waals surface area contributed by atoms with Gasteiger partial charge in [-0.25, -0.2) is 9.97 Å². The van der Waals surface area contributed by atoms with Gasteiger partial charge in [-0.2, -0.15) is 0 Å². The lowest BCUT2D eigenvalue weighted by atomic mass is 10.4. The van der Waals surface area contributed by atoms with Gasteiger partial charge in [-0.15, -0.1) is 0 Å². The predicted molar refractivity (Wildman–Crippen MR) is 59.3 cm³/mol. The summed E-state index contributed by atoms with van der Waals surface area (Å²) < 4.78 is 0. The largest absolute Gasteiger partial charge is 0.378 e. The van der Waals surface area contributed by atoms with Crippen molar-refractivity contribution in [2.24, 2.45) is 0 Å². The zero-order chi connectivity index (χ0) is 12.1. The van der Waals surface area contributed by atoms with Crippen LogP contribution in [-0.4, -0.2) is 42.1 Å². The van der Waals surface area contributed by atoms with E-state index in [2.05, 4.69) is 15.3 Å². The van der Waals surface area contributed by atoms with Crippen molar-refractivity contribution in [2.45, 2.75) is 0 Å². The minimum Gasteiger partial charge on any atom is -0.378 e. The summed E-state index contributed by atoms with van der Waals surface area (Å²) in [5.74, 6) is 0.0402. The first kappa shape index (κ1) is 12.1. The molecule has 0 amide bonds. The van der Waals surface area contributed by atoms with Gasteiger partial charge in [-0.05, 0) is 0 Å². The molecule has 16 heavy (non-hydrogen) atoms. The van der Waals surface area contributed by atoms with E-state index in [1.165, 1.54) is 11.2 Å². The summed E-state index contributed by atoms with van der Waals surface area (Å²) in [5, 5.41) is 13.6. The van der Waals surface area contributed by atoms with Gasteiger partial charge < -0.3 is 16.0 Å². The Morgan fingerprint density at radius 2 is 2.25 bits per heavy atom. The summed E-state index contributed by atoms with van der Waals surface area (Å²) in [7, 11) is 3.98. The lowest BCUT2D eigenvalue weighted by molar-refractivity contribution is -0.856. The van der Waals surface area contributed by atoms with Crippen LogP contribution in [0.1, 0.15) is 0 Å². The van der Waals surface area contributed by atoms with E-state index in [1.54, 1.807) is 0 Å². The highest BCUT2D eigenvalue weighted by Crippen LogP contribution is 2.25. The molecule has 1 rings (SSSR count). The Morgan fingerprint density at radius 1 is 1.56 bits per heavy atom. The van der Waals surface area contributed by atoms with E-state index in [4.69, 9.17) is 5.73 Å². The molecule has 1 aromatic rings. The highest BCUT2D eigenvalue weighted by atomic mass is 16.6. The van der Waals surface area contributed by atoms with Gasteiger partial charge in [0.05, 0.1) is 32.1 Å². The van der Waals surface area contributed by atoms with Gasteiger partial charge >= 0.3 is 5.69 Å². The Kier molecular flexibility index (Phi) is 3.95. The van der Waals surface area contributed by atoms with Crippen LogP contribution in [0.2, 0.25) is 0 Å². The van der Waals surface area contributed by atoms with Crippen LogP contribution in [0.15, 0.2) is 6.33 Å². The molecule has 8 nitrogen and oxygen atoms in total. The average Bonchev–Trinajstić information content (AvgIpc) is 2.16. The molecule has 0 atom stereocenters. The van der Waals surface area contributed by atoms with Crippen LogP contribution in [0, 0.1) is 10.1 Å². The van der Waals surface area contributed by atoms with Crippen molar-refractivity contribution in [3.05, 3.63) is 16.4 Å². The fourth-order valence-corrected chi connectivity index (χ4v) is 1.13. The summed E-state index contributed by atoms with van der Waals surface area (Å²) in [6.45, 7) is 1.40. The Labute approximate surface area is 92.6 Å². The molecule has 0 radical (unpaired) electrons. The van der Waals surface area contributed by atoms with E-state index in [0.29, 0.717) is 6.54 Å². The third-order valence-electron chi connectivity index (χ3n) is 1.95. The molecule has 0 bridgehead atoms. The lowest BCUT2D eigenvalue weighted by Gasteiger charge is -2.09. The van der Waals surface area contributed by atoms with Crippen molar-refractivity contribution in [1.29, 1.82) is 0 Å². The van der Waals surface area contributed by atoms with E-state index in [1.807, 2.05) is 14.1 Å². The zero-order valence-electron chi connectivity index (χ0n) is 9.23. The molecule has 0 aliphatic carbocycles. The monoisotopic (exact) mass is 227 g/mol. The summed E-state index contributed by atoms with van der Waals surface area (Å²) >= 11 is 0. The standard InChI is InChI=1S/C8H14N6O2/c1-13(2)4-3-10-8-6(14(15)16)7(9)11-5-12-8/h5H,3-4H2,1-2H3,(H3,9,10,11,12)/p+1. The maximum absolute atomic E-state index is 10.7. The number of nitrogens with two attached hydrogens (primary N) is 1. The number of nitrogen functional groups attached to an aromatic ring is 1. The van der Waals surface area contributed by atoms with Crippen LogP contribution in [0.25, 0.3) is 0 Å². The van der Waals surface area contributed by atoms with E-state index in [0.717, 1.165) is 6.54 Å². The minimum absolute atomic E-state index is 0.125. The van der Waals surface area contributed by atoms with E-state index in [9.17, 15) is 10.1 Å². The molecular formula is C8H15N6O2+. The summed E-state index contributed by atoms with van der Waals surface area (Å²) in [4.78, 5) is 18.8. The molecule has 4 N–H and O–H groups in total. The highest BCUT2D eigenvalue weighted by Gasteiger charge is 2.20. The lowest BCUT2D eigenvalue weighted by Crippen LogP contribution is -3.06. The van der Waals surface area contributed by atoms with Crippen molar-refractivity contribution in [1.82, 2.24) is 9.97 Å². The van der Waals surface area contributed by atoms with Gasteiger partial charge in [0.25, 0.3) is 0 Å². The van der Waals surface area contributed by atoms with E-state index >= 15 is 0 Å². The SMILES string of the molecule is C[NH+](C)CCNc1ncnc(N)c1[N+](=O)[O-]. The van der Waals surface area contributed by atoms with Crippen LogP contribution < -0.4 is 16.0 Å². The van der Waals surface area contributed by atoms with Crippen LogP contribution >= 0.6 is 0 Å². The second kappa shape index (κ2) is 5.21. The fraction of sp³-hybridized carbons (Fsp3) is 0.500. The molecule has 0 spiro atoms. The number of hydrogen-bond acceptors (Lipinski definition) is 6. The van der Waals surface area contributed by atoms with Gasteiger partial charge in [0.1, 0.15) is 6.33 Å².